The van der Waals surface area contributed by atoms with Gasteiger partial charge in [0.15, 0.2) is 0 Å². The van der Waals surface area contributed by atoms with Crippen LogP contribution >= 0.6 is 0 Å². The second kappa shape index (κ2) is 4.50. The van der Waals surface area contributed by atoms with Crippen molar-refractivity contribution in [2.24, 2.45) is 7.05 Å². The molecule has 0 spiro atoms. The molecule has 3 aromatic rings. The summed E-state index contributed by atoms with van der Waals surface area (Å²) in [7, 11) is 2.14. The third kappa shape index (κ3) is 1.61. The molecular weight excluding hydrogens is 246 g/mol. The van der Waals surface area contributed by atoms with Crippen molar-refractivity contribution >= 4 is 10.9 Å². The largest absolute Gasteiger partial charge is 0.367 e. The number of aromatic nitrogens is 1. The monoisotopic (exact) mass is 263 g/mol. The Morgan fingerprint density at radius 3 is 2.60 bits per heavy atom. The predicted octanol–water partition coefficient (Wildman–Crippen LogP) is 3.84. The Bertz CT molecular complexity index is 758. The summed E-state index contributed by atoms with van der Waals surface area (Å²) >= 11 is 0. The third-order valence-electron chi connectivity index (χ3n) is 4.25. The lowest BCUT2D eigenvalue weighted by molar-refractivity contribution is 0.0653. The molecule has 1 aliphatic rings. The van der Waals surface area contributed by atoms with E-state index >= 15 is 0 Å². The number of aryl methyl sites for hydroxylation is 1. The summed E-state index contributed by atoms with van der Waals surface area (Å²) in [6, 6.07) is 19.1. The van der Waals surface area contributed by atoms with Gasteiger partial charge in [-0.2, -0.15) is 0 Å². The van der Waals surface area contributed by atoms with Crippen LogP contribution < -0.4 is 0 Å². The van der Waals surface area contributed by atoms with Crippen LogP contribution in [0.1, 0.15) is 22.9 Å². The Hall–Kier alpha value is -2.06. The van der Waals surface area contributed by atoms with Gasteiger partial charge in [0.1, 0.15) is 6.10 Å². The van der Waals surface area contributed by atoms with E-state index < -0.39 is 0 Å². The number of para-hydroxylation sites is 1. The first-order valence-electron chi connectivity index (χ1n) is 7.09. The quantitative estimate of drug-likeness (QED) is 0.650. The van der Waals surface area contributed by atoms with Crippen molar-refractivity contribution in [3.8, 4) is 0 Å². The van der Waals surface area contributed by atoms with E-state index in [2.05, 4.69) is 66.2 Å². The molecule has 1 aromatic heterocycles. The zero-order valence-corrected chi connectivity index (χ0v) is 11.5. The second-order valence-corrected chi connectivity index (χ2v) is 5.35. The molecule has 1 aliphatic heterocycles. The molecule has 2 heteroatoms. The number of ether oxygens (including phenoxy) is 1. The predicted molar refractivity (Wildman–Crippen MR) is 80.9 cm³/mol. The first-order chi connectivity index (χ1) is 9.86. The normalized spacial score (nSPS) is 18.1. The summed E-state index contributed by atoms with van der Waals surface area (Å²) < 4.78 is 8.37. The van der Waals surface area contributed by atoms with Crippen molar-refractivity contribution in [1.29, 1.82) is 0 Å². The van der Waals surface area contributed by atoms with Crippen molar-refractivity contribution in [1.82, 2.24) is 4.57 Å². The van der Waals surface area contributed by atoms with Crippen LogP contribution in [0.3, 0.4) is 0 Å². The first-order valence-corrected chi connectivity index (χ1v) is 7.09. The number of nitrogens with zero attached hydrogens (tertiary/aromatic N) is 1. The lowest BCUT2D eigenvalue weighted by Crippen LogP contribution is -2.19. The molecular formula is C18H17NO. The Kier molecular flexibility index (Phi) is 2.64. The zero-order chi connectivity index (χ0) is 13.5. The molecule has 20 heavy (non-hydrogen) atoms. The van der Waals surface area contributed by atoms with Gasteiger partial charge in [-0.1, -0.05) is 48.5 Å². The molecule has 0 saturated heterocycles. The highest BCUT2D eigenvalue weighted by atomic mass is 16.5. The molecule has 0 amide bonds. The van der Waals surface area contributed by atoms with Crippen LogP contribution in [0.4, 0.5) is 0 Å². The molecule has 0 radical (unpaired) electrons. The van der Waals surface area contributed by atoms with Crippen molar-refractivity contribution in [2.75, 3.05) is 6.61 Å². The van der Waals surface area contributed by atoms with E-state index in [9.17, 15) is 0 Å². The summed E-state index contributed by atoms with van der Waals surface area (Å²) in [4.78, 5) is 0. The maximum absolute atomic E-state index is 6.08. The second-order valence-electron chi connectivity index (χ2n) is 5.35. The topological polar surface area (TPSA) is 14.2 Å². The van der Waals surface area contributed by atoms with Gasteiger partial charge in [0.25, 0.3) is 0 Å². The van der Waals surface area contributed by atoms with Crippen LogP contribution in [0.15, 0.2) is 54.6 Å². The minimum Gasteiger partial charge on any atom is -0.367 e. The molecule has 4 rings (SSSR count). The summed E-state index contributed by atoms with van der Waals surface area (Å²) in [6.07, 6.45) is 1.05. The molecule has 0 saturated carbocycles. The fourth-order valence-corrected chi connectivity index (χ4v) is 3.33. The smallest absolute Gasteiger partial charge is 0.123 e. The Labute approximate surface area is 118 Å². The average Bonchev–Trinajstić information content (AvgIpc) is 2.82. The Morgan fingerprint density at radius 2 is 1.75 bits per heavy atom. The van der Waals surface area contributed by atoms with E-state index in [4.69, 9.17) is 4.74 Å². The molecule has 2 nitrogen and oxygen atoms in total. The molecule has 0 aliphatic carbocycles. The number of benzene rings is 2. The minimum atomic E-state index is 0.0531. The molecule has 0 N–H and O–H groups in total. The van der Waals surface area contributed by atoms with Crippen molar-refractivity contribution in [3.63, 3.8) is 0 Å². The molecule has 0 bridgehead atoms. The van der Waals surface area contributed by atoms with Gasteiger partial charge >= 0.3 is 0 Å². The van der Waals surface area contributed by atoms with Crippen LogP contribution in [0.5, 0.6) is 0 Å². The average molecular weight is 263 g/mol. The van der Waals surface area contributed by atoms with Gasteiger partial charge in [0.05, 0.1) is 12.3 Å². The van der Waals surface area contributed by atoms with Gasteiger partial charge in [-0.15, -0.1) is 0 Å². The van der Waals surface area contributed by atoms with Gasteiger partial charge < -0.3 is 9.30 Å². The SMILES string of the molecule is Cn1c2c(c3ccccc31)CCOC2c1ccccc1. The zero-order valence-electron chi connectivity index (χ0n) is 11.5. The third-order valence-corrected chi connectivity index (χ3v) is 4.25. The van der Waals surface area contributed by atoms with Crippen LogP contribution in [0.25, 0.3) is 10.9 Å². The van der Waals surface area contributed by atoms with Gasteiger partial charge in [-0.05, 0) is 23.6 Å². The minimum absolute atomic E-state index is 0.0531. The molecule has 100 valence electrons. The van der Waals surface area contributed by atoms with Crippen LogP contribution in [0.2, 0.25) is 0 Å². The van der Waals surface area contributed by atoms with Crippen LogP contribution in [-0.4, -0.2) is 11.2 Å². The Morgan fingerprint density at radius 1 is 1.00 bits per heavy atom. The maximum Gasteiger partial charge on any atom is 0.123 e. The van der Waals surface area contributed by atoms with Crippen molar-refractivity contribution in [3.05, 3.63) is 71.4 Å². The van der Waals surface area contributed by atoms with Gasteiger partial charge in [-0.3, -0.25) is 0 Å². The highest BCUT2D eigenvalue weighted by Gasteiger charge is 2.28. The van der Waals surface area contributed by atoms with E-state index in [1.807, 2.05) is 0 Å². The van der Waals surface area contributed by atoms with Crippen LogP contribution in [-0.2, 0) is 18.2 Å². The maximum atomic E-state index is 6.08. The lowest BCUT2D eigenvalue weighted by atomic mass is 9.98. The highest BCUT2D eigenvalue weighted by Crippen LogP contribution is 2.38. The molecule has 1 atom stereocenters. The summed E-state index contributed by atoms with van der Waals surface area (Å²) in [5, 5.41) is 1.37. The lowest BCUT2D eigenvalue weighted by Gasteiger charge is -2.25. The number of hydrogen-bond donors (Lipinski definition) is 0. The van der Waals surface area contributed by atoms with Gasteiger partial charge in [0.2, 0.25) is 0 Å². The van der Waals surface area contributed by atoms with Gasteiger partial charge in [0, 0.05) is 18.0 Å². The van der Waals surface area contributed by atoms with E-state index in [0.29, 0.717) is 0 Å². The number of fused-ring (bicyclic) bond motifs is 3. The fraction of sp³-hybridized carbons (Fsp3) is 0.222. The van der Waals surface area contributed by atoms with E-state index in [1.165, 1.54) is 27.7 Å². The Balaban J connectivity index is 1.97. The fourth-order valence-electron chi connectivity index (χ4n) is 3.33. The van der Waals surface area contributed by atoms with Gasteiger partial charge in [-0.25, -0.2) is 0 Å². The van der Waals surface area contributed by atoms with E-state index in [1.54, 1.807) is 0 Å². The summed E-state index contributed by atoms with van der Waals surface area (Å²) in [5.41, 5.74) is 5.29. The van der Waals surface area contributed by atoms with E-state index in [-0.39, 0.29) is 6.10 Å². The molecule has 1 unspecified atom stereocenters. The molecule has 0 fully saturated rings. The summed E-state index contributed by atoms with van der Waals surface area (Å²) in [5.74, 6) is 0. The number of hydrogen-bond acceptors (Lipinski definition) is 1. The standard InChI is InChI=1S/C18H17NO/c1-19-16-10-6-5-9-14(16)15-11-12-20-18(17(15)19)13-7-3-2-4-8-13/h2-10,18H,11-12H2,1H3. The number of rotatable bonds is 1. The van der Waals surface area contributed by atoms with E-state index in [0.717, 1.165) is 13.0 Å². The van der Waals surface area contributed by atoms with Crippen molar-refractivity contribution < 1.29 is 4.74 Å². The highest BCUT2D eigenvalue weighted by molar-refractivity contribution is 5.86. The van der Waals surface area contributed by atoms with Crippen molar-refractivity contribution in [2.45, 2.75) is 12.5 Å². The first kappa shape index (κ1) is 11.7. The molecule has 2 aromatic carbocycles. The van der Waals surface area contributed by atoms with Crippen LogP contribution in [0, 0.1) is 0 Å². The molecule has 2 heterocycles. The summed E-state index contributed by atoms with van der Waals surface area (Å²) in [6.45, 7) is 0.792.